The highest BCUT2D eigenvalue weighted by atomic mass is 16.5. The number of fused-ring (bicyclic) bond motifs is 1. The molecule has 0 aliphatic carbocycles. The second-order valence-corrected chi connectivity index (χ2v) is 12.4. The molecule has 0 unspecified atom stereocenters. The molecule has 0 saturated carbocycles. The van der Waals surface area contributed by atoms with Gasteiger partial charge in [-0.15, -0.1) is 0 Å². The number of hydrogen-bond donors (Lipinski definition) is 0. The lowest BCUT2D eigenvalue weighted by molar-refractivity contribution is -0.138. The van der Waals surface area contributed by atoms with Gasteiger partial charge in [-0.1, -0.05) is 75.9 Å². The number of hydrogen-bond acceptors (Lipinski definition) is 10. The molecule has 0 fully saturated rings. The first-order valence-corrected chi connectivity index (χ1v) is 18.4. The Kier molecular flexibility index (Phi) is 17.3. The van der Waals surface area contributed by atoms with Crippen molar-refractivity contribution < 1.29 is 47.6 Å². The van der Waals surface area contributed by atoms with E-state index in [2.05, 4.69) is 13.2 Å². The molecule has 0 spiro atoms. The van der Waals surface area contributed by atoms with Crippen LogP contribution < -0.4 is 18.9 Å². The normalized spacial score (nSPS) is 10.6. The molecule has 10 heteroatoms. The van der Waals surface area contributed by atoms with Gasteiger partial charge in [-0.3, -0.25) is 0 Å². The predicted octanol–water partition coefficient (Wildman–Crippen LogP) is 9.40. The van der Waals surface area contributed by atoms with Gasteiger partial charge in [-0.25, -0.2) is 19.2 Å². The summed E-state index contributed by atoms with van der Waals surface area (Å²) in [6, 6.07) is 24.1. The second-order valence-electron chi connectivity index (χ2n) is 12.4. The molecule has 4 aromatic carbocycles. The van der Waals surface area contributed by atoms with E-state index in [0.29, 0.717) is 71.3 Å². The fourth-order valence-electron chi connectivity index (χ4n) is 5.43. The highest BCUT2D eigenvalue weighted by Gasteiger charge is 2.16. The molecule has 4 aromatic rings. The minimum atomic E-state index is -0.527. The van der Waals surface area contributed by atoms with Crippen LogP contribution in [0.4, 0.5) is 0 Å². The molecule has 10 nitrogen and oxygen atoms in total. The first-order chi connectivity index (χ1) is 26.4. The summed E-state index contributed by atoms with van der Waals surface area (Å²) >= 11 is 0. The smallest absolute Gasteiger partial charge is 0.343 e. The van der Waals surface area contributed by atoms with Crippen LogP contribution in [0.3, 0.4) is 0 Å². The average Bonchev–Trinajstić information content (AvgIpc) is 3.20. The van der Waals surface area contributed by atoms with Crippen LogP contribution in [0.25, 0.3) is 10.8 Å². The SMILES string of the molecule is C=CC(=O)OCCCCCCCOc1ccc(C(=O)Oc2ccc(OC(=O)c3ccc(OCCCCCCCOC(=O)C=C)cc3)c3ccccc23)cc1. The maximum atomic E-state index is 13.1. The van der Waals surface area contributed by atoms with Gasteiger partial charge in [0.05, 0.1) is 37.6 Å². The summed E-state index contributed by atoms with van der Waals surface area (Å²) in [6.45, 7) is 8.68. The van der Waals surface area contributed by atoms with Gasteiger partial charge in [-0.2, -0.15) is 0 Å². The van der Waals surface area contributed by atoms with Gasteiger partial charge in [-0.05, 0) is 86.3 Å². The van der Waals surface area contributed by atoms with Crippen molar-refractivity contribution in [1.29, 1.82) is 0 Å². The topological polar surface area (TPSA) is 124 Å². The monoisotopic (exact) mass is 736 g/mol. The number of carbonyl (C=O) groups is 4. The summed E-state index contributed by atoms with van der Waals surface area (Å²) in [5, 5.41) is 1.24. The Morgan fingerprint density at radius 3 is 1.17 bits per heavy atom. The number of carbonyl (C=O) groups excluding carboxylic acids is 4. The van der Waals surface area contributed by atoms with Gasteiger partial charge < -0.3 is 28.4 Å². The van der Waals surface area contributed by atoms with Gasteiger partial charge >= 0.3 is 23.9 Å². The third-order valence-corrected chi connectivity index (χ3v) is 8.37. The van der Waals surface area contributed by atoms with E-state index in [1.807, 2.05) is 12.1 Å². The molecule has 54 heavy (non-hydrogen) atoms. The van der Waals surface area contributed by atoms with Crippen molar-refractivity contribution in [3.05, 3.63) is 121 Å². The first kappa shape index (κ1) is 40.9. The van der Waals surface area contributed by atoms with Gasteiger partial charge in [0.15, 0.2) is 0 Å². The van der Waals surface area contributed by atoms with Gasteiger partial charge in [0.1, 0.15) is 23.0 Å². The average molecular weight is 737 g/mol. The molecule has 284 valence electrons. The van der Waals surface area contributed by atoms with E-state index in [-0.39, 0.29) is 0 Å². The van der Waals surface area contributed by atoms with Crippen LogP contribution in [0.1, 0.15) is 84.9 Å². The lowest BCUT2D eigenvalue weighted by atomic mass is 10.1. The molecule has 0 amide bonds. The summed E-state index contributed by atoms with van der Waals surface area (Å²) in [4.78, 5) is 48.2. The Bertz CT molecular complexity index is 1690. The quantitative estimate of drug-likeness (QED) is 0.0297. The van der Waals surface area contributed by atoms with E-state index in [1.54, 1.807) is 72.8 Å². The van der Waals surface area contributed by atoms with Gasteiger partial charge in [0.25, 0.3) is 0 Å². The second kappa shape index (κ2) is 22.9. The highest BCUT2D eigenvalue weighted by molar-refractivity contribution is 6.00. The van der Waals surface area contributed by atoms with Crippen LogP contribution in [0, 0.1) is 0 Å². The van der Waals surface area contributed by atoms with E-state index in [0.717, 1.165) is 64.2 Å². The van der Waals surface area contributed by atoms with Crippen molar-refractivity contribution in [1.82, 2.24) is 0 Å². The molecule has 0 bridgehead atoms. The molecule has 4 rings (SSSR count). The van der Waals surface area contributed by atoms with E-state index < -0.39 is 23.9 Å². The van der Waals surface area contributed by atoms with E-state index in [1.165, 1.54) is 12.2 Å². The zero-order valence-corrected chi connectivity index (χ0v) is 30.6. The Morgan fingerprint density at radius 2 is 0.796 bits per heavy atom. The summed E-state index contributed by atoms with van der Waals surface area (Å²) in [6.07, 6.45) is 11.7. The van der Waals surface area contributed by atoms with Crippen LogP contribution in [0.15, 0.2) is 110 Å². The molecular formula is C44H48O10. The Labute approximate surface area is 316 Å². The molecule has 0 radical (unpaired) electrons. The summed E-state index contributed by atoms with van der Waals surface area (Å²) < 4.78 is 33.2. The number of rotatable bonds is 24. The van der Waals surface area contributed by atoms with E-state index >= 15 is 0 Å². The first-order valence-electron chi connectivity index (χ1n) is 18.4. The number of esters is 4. The summed E-state index contributed by atoms with van der Waals surface area (Å²) in [5.74, 6) is 0.156. The van der Waals surface area contributed by atoms with Crippen molar-refractivity contribution in [2.75, 3.05) is 26.4 Å². The van der Waals surface area contributed by atoms with E-state index in [4.69, 9.17) is 28.4 Å². The third-order valence-electron chi connectivity index (χ3n) is 8.37. The molecule has 0 heterocycles. The molecule has 0 atom stereocenters. The number of ether oxygens (including phenoxy) is 6. The van der Waals surface area contributed by atoms with Crippen molar-refractivity contribution >= 4 is 34.6 Å². The van der Waals surface area contributed by atoms with Gasteiger partial charge in [0, 0.05) is 22.9 Å². The van der Waals surface area contributed by atoms with Gasteiger partial charge in [0.2, 0.25) is 0 Å². The molecule has 0 N–H and O–H groups in total. The maximum absolute atomic E-state index is 13.1. The van der Waals surface area contributed by atoms with Crippen molar-refractivity contribution in [2.45, 2.75) is 64.2 Å². The lowest BCUT2D eigenvalue weighted by Crippen LogP contribution is -2.10. The fraction of sp³-hybridized carbons (Fsp3) is 0.318. The van der Waals surface area contributed by atoms with Crippen molar-refractivity contribution in [3.8, 4) is 23.0 Å². The molecule has 0 aliphatic rings. The zero-order valence-electron chi connectivity index (χ0n) is 30.6. The Balaban J connectivity index is 1.20. The Morgan fingerprint density at radius 1 is 0.444 bits per heavy atom. The largest absolute Gasteiger partial charge is 0.494 e. The predicted molar refractivity (Wildman–Crippen MR) is 206 cm³/mol. The minimum Gasteiger partial charge on any atom is -0.494 e. The maximum Gasteiger partial charge on any atom is 0.343 e. The molecule has 0 saturated heterocycles. The summed E-state index contributed by atoms with van der Waals surface area (Å²) in [5.41, 5.74) is 0.736. The standard InChI is InChI=1S/C44H48O10/c1-3-41(45)51-31-15-9-5-7-13-29-49-35-23-19-33(20-24-35)43(47)53-39-27-28-40(38-18-12-11-17-37(38)39)54-44(48)34-21-25-36(26-22-34)50-30-14-8-6-10-16-32-52-42(46)4-2/h3-4,11-12,17-28H,1-2,5-10,13-16,29-32H2. The van der Waals surface area contributed by atoms with Crippen molar-refractivity contribution in [2.24, 2.45) is 0 Å². The van der Waals surface area contributed by atoms with Crippen molar-refractivity contribution in [3.63, 3.8) is 0 Å². The summed E-state index contributed by atoms with van der Waals surface area (Å²) in [7, 11) is 0. The number of benzene rings is 4. The molecule has 0 aliphatic heterocycles. The third kappa shape index (κ3) is 13.9. The Hall–Kier alpha value is -5.90. The molecular weight excluding hydrogens is 688 g/mol. The molecule has 0 aromatic heterocycles. The van der Waals surface area contributed by atoms with Crippen LogP contribution in [0.2, 0.25) is 0 Å². The van der Waals surface area contributed by atoms with Crippen LogP contribution in [-0.4, -0.2) is 50.3 Å². The van der Waals surface area contributed by atoms with Crippen LogP contribution >= 0.6 is 0 Å². The van der Waals surface area contributed by atoms with Crippen LogP contribution in [0.5, 0.6) is 23.0 Å². The zero-order chi connectivity index (χ0) is 38.4. The van der Waals surface area contributed by atoms with Crippen LogP contribution in [-0.2, 0) is 19.1 Å². The fourth-order valence-corrected chi connectivity index (χ4v) is 5.43. The van der Waals surface area contributed by atoms with E-state index in [9.17, 15) is 19.2 Å². The highest BCUT2D eigenvalue weighted by Crippen LogP contribution is 2.34. The number of unbranched alkanes of at least 4 members (excludes halogenated alkanes) is 8. The minimum absolute atomic E-state index is 0.338. The lowest BCUT2D eigenvalue weighted by Gasteiger charge is -2.12.